The lowest BCUT2D eigenvalue weighted by Crippen LogP contribution is -2.39. The van der Waals surface area contributed by atoms with Crippen LogP contribution in [0.1, 0.15) is 32.1 Å². The van der Waals surface area contributed by atoms with Gasteiger partial charge >= 0.3 is 11.8 Å². The number of rotatable bonds is 4. The molecule has 23 heavy (non-hydrogen) atoms. The number of nitrogens with zero attached hydrogens (tertiary/aromatic N) is 1. The molecular weight excluding hydrogens is 304 g/mol. The van der Waals surface area contributed by atoms with E-state index >= 15 is 0 Å². The van der Waals surface area contributed by atoms with Crippen molar-refractivity contribution in [3.05, 3.63) is 28.3 Å². The summed E-state index contributed by atoms with van der Waals surface area (Å²) in [6.07, 6.45) is 5.22. The average molecular weight is 322 g/mol. The summed E-state index contributed by atoms with van der Waals surface area (Å²) in [5.74, 6) is 3.02. The number of nitro benzene ring substituents is 1. The smallest absolute Gasteiger partial charge is 0.323 e. The Morgan fingerprint density at radius 1 is 1.22 bits per heavy atom. The molecule has 124 valence electrons. The Balaban J connectivity index is 2.15. The first-order chi connectivity index (χ1) is 11.0. The van der Waals surface area contributed by atoms with E-state index in [1.165, 1.54) is 24.6 Å². The second-order valence-corrected chi connectivity index (χ2v) is 5.24. The largest absolute Gasteiger partial charge is 0.490 e. The molecule has 2 rings (SSSR count). The van der Waals surface area contributed by atoms with Crippen LogP contribution in [0.4, 0.5) is 11.4 Å². The first-order valence-electron chi connectivity index (χ1n) is 7.28. The molecule has 0 aliphatic heterocycles. The van der Waals surface area contributed by atoms with Crippen LogP contribution in [-0.4, -0.2) is 22.8 Å². The monoisotopic (exact) mass is 322 g/mol. The van der Waals surface area contributed by atoms with Gasteiger partial charge in [0.15, 0.2) is 0 Å². The first kappa shape index (κ1) is 16.7. The summed E-state index contributed by atoms with van der Waals surface area (Å²) in [6.45, 7) is 0. The minimum Gasteiger partial charge on any atom is -0.490 e. The molecule has 0 saturated heterocycles. The highest BCUT2D eigenvalue weighted by atomic mass is 16.6. The molecule has 9 heteroatoms. The molecule has 4 N–H and O–H groups in total. The number of nitro groups is 1. The Morgan fingerprint density at radius 3 is 2.52 bits per heavy atom. The van der Waals surface area contributed by atoms with Gasteiger partial charge < -0.3 is 10.1 Å². The second kappa shape index (κ2) is 7.54. The summed E-state index contributed by atoms with van der Waals surface area (Å²) in [7, 11) is 0. The minimum atomic E-state index is -1.10. The molecule has 1 aliphatic rings. The Labute approximate surface area is 132 Å². The average Bonchev–Trinajstić information content (AvgIpc) is 2.56. The van der Waals surface area contributed by atoms with Gasteiger partial charge in [0.1, 0.15) is 11.4 Å². The third-order valence-electron chi connectivity index (χ3n) is 3.61. The lowest BCUT2D eigenvalue weighted by atomic mass is 9.98. The van der Waals surface area contributed by atoms with Gasteiger partial charge in [-0.1, -0.05) is 6.42 Å². The number of benzene rings is 1. The van der Waals surface area contributed by atoms with Gasteiger partial charge in [0.05, 0.1) is 17.1 Å². The number of hydrazine groups is 1. The van der Waals surface area contributed by atoms with Gasteiger partial charge in [0.25, 0.3) is 5.69 Å². The minimum absolute atomic E-state index is 0.0480. The lowest BCUT2D eigenvalue weighted by Gasteiger charge is -2.23. The Morgan fingerprint density at radius 2 is 1.91 bits per heavy atom. The molecule has 0 heterocycles. The molecule has 1 fully saturated rings. The highest BCUT2D eigenvalue weighted by molar-refractivity contribution is 6.39. The van der Waals surface area contributed by atoms with Gasteiger partial charge in [-0.05, 0) is 37.8 Å². The number of hydrogen-bond donors (Lipinski definition) is 3. The Bertz CT molecular complexity index is 613. The van der Waals surface area contributed by atoms with E-state index in [0.29, 0.717) is 5.75 Å². The number of nitrogens with two attached hydrogens (primary N) is 1. The van der Waals surface area contributed by atoms with Crippen molar-refractivity contribution < 1.29 is 19.2 Å². The Kier molecular flexibility index (Phi) is 5.47. The molecule has 1 aromatic rings. The second-order valence-electron chi connectivity index (χ2n) is 5.24. The van der Waals surface area contributed by atoms with E-state index in [1.807, 2.05) is 0 Å². The predicted molar refractivity (Wildman–Crippen MR) is 81.6 cm³/mol. The van der Waals surface area contributed by atoms with Crippen LogP contribution >= 0.6 is 0 Å². The number of anilines is 1. The molecule has 9 nitrogen and oxygen atoms in total. The summed E-state index contributed by atoms with van der Waals surface area (Å²) in [5, 5.41) is 13.3. The van der Waals surface area contributed by atoms with Crippen molar-refractivity contribution in [1.82, 2.24) is 5.43 Å². The van der Waals surface area contributed by atoms with E-state index in [1.54, 1.807) is 5.43 Å². The van der Waals surface area contributed by atoms with Crippen LogP contribution < -0.4 is 21.3 Å². The maximum atomic E-state index is 11.5. The zero-order chi connectivity index (χ0) is 16.8. The molecule has 0 atom stereocenters. The third-order valence-corrected chi connectivity index (χ3v) is 3.61. The summed E-state index contributed by atoms with van der Waals surface area (Å²) in [6, 6.07) is 4.10. The van der Waals surface area contributed by atoms with Crippen molar-refractivity contribution in [2.75, 3.05) is 5.32 Å². The quantitative estimate of drug-likeness (QED) is 0.251. The van der Waals surface area contributed by atoms with E-state index < -0.39 is 16.7 Å². The number of amides is 2. The summed E-state index contributed by atoms with van der Waals surface area (Å²) >= 11 is 0. The molecule has 0 unspecified atom stereocenters. The maximum absolute atomic E-state index is 11.5. The van der Waals surface area contributed by atoms with Crippen LogP contribution in [0, 0.1) is 10.1 Å². The molecule has 0 spiro atoms. The van der Waals surface area contributed by atoms with Crippen molar-refractivity contribution in [2.24, 2.45) is 5.84 Å². The van der Waals surface area contributed by atoms with Gasteiger partial charge in [-0.2, -0.15) is 0 Å². The highest BCUT2D eigenvalue weighted by Gasteiger charge is 2.22. The van der Waals surface area contributed by atoms with E-state index in [4.69, 9.17) is 10.6 Å². The summed E-state index contributed by atoms with van der Waals surface area (Å²) in [5.41, 5.74) is 1.21. The summed E-state index contributed by atoms with van der Waals surface area (Å²) in [4.78, 5) is 33.1. The van der Waals surface area contributed by atoms with Crippen LogP contribution in [0.3, 0.4) is 0 Å². The number of hydrogen-bond acceptors (Lipinski definition) is 6. The number of ether oxygens (including phenoxy) is 1. The van der Waals surface area contributed by atoms with E-state index in [2.05, 4.69) is 5.32 Å². The third kappa shape index (κ3) is 4.39. The molecule has 0 aromatic heterocycles. The fraction of sp³-hybridized carbons (Fsp3) is 0.429. The topological polar surface area (TPSA) is 137 Å². The SMILES string of the molecule is NNC(=O)C(=O)Nc1ccc(OC2CCCCC2)cc1[N+](=O)[O-]. The van der Waals surface area contributed by atoms with Crippen molar-refractivity contribution in [2.45, 2.75) is 38.2 Å². The van der Waals surface area contributed by atoms with E-state index in [0.717, 1.165) is 25.7 Å². The maximum Gasteiger partial charge on any atom is 0.323 e. The standard InChI is InChI=1S/C14H18N4O5/c15-17-14(20)13(19)16-11-7-6-10(8-12(11)18(21)22)23-9-4-2-1-3-5-9/h6-9H,1-5,15H2,(H,16,19)(H,17,20). The fourth-order valence-electron chi connectivity index (χ4n) is 2.46. The van der Waals surface area contributed by atoms with Crippen LogP contribution in [0.15, 0.2) is 18.2 Å². The van der Waals surface area contributed by atoms with Crippen LogP contribution in [0.2, 0.25) is 0 Å². The number of carbonyl (C=O) groups excluding carboxylic acids is 2. The first-order valence-corrected chi connectivity index (χ1v) is 7.28. The molecule has 1 aliphatic carbocycles. The molecule has 1 aromatic carbocycles. The van der Waals surface area contributed by atoms with Crippen molar-refractivity contribution >= 4 is 23.2 Å². The van der Waals surface area contributed by atoms with Crippen molar-refractivity contribution in [1.29, 1.82) is 0 Å². The highest BCUT2D eigenvalue weighted by Crippen LogP contribution is 2.31. The van der Waals surface area contributed by atoms with E-state index in [-0.39, 0.29) is 17.5 Å². The van der Waals surface area contributed by atoms with Crippen LogP contribution in [0.5, 0.6) is 5.75 Å². The summed E-state index contributed by atoms with van der Waals surface area (Å²) < 4.78 is 5.76. The molecular formula is C14H18N4O5. The zero-order valence-electron chi connectivity index (χ0n) is 12.4. The van der Waals surface area contributed by atoms with Gasteiger partial charge in [0, 0.05) is 0 Å². The predicted octanol–water partition coefficient (Wildman–Crippen LogP) is 1.23. The lowest BCUT2D eigenvalue weighted by molar-refractivity contribution is -0.384. The van der Waals surface area contributed by atoms with Crippen LogP contribution in [-0.2, 0) is 9.59 Å². The van der Waals surface area contributed by atoms with Crippen molar-refractivity contribution in [3.63, 3.8) is 0 Å². The molecule has 1 saturated carbocycles. The Hall–Kier alpha value is -2.68. The van der Waals surface area contributed by atoms with Gasteiger partial charge in [-0.15, -0.1) is 0 Å². The molecule has 0 bridgehead atoms. The van der Waals surface area contributed by atoms with Gasteiger partial charge in [-0.3, -0.25) is 25.1 Å². The zero-order valence-corrected chi connectivity index (χ0v) is 12.4. The van der Waals surface area contributed by atoms with Crippen LogP contribution in [0.25, 0.3) is 0 Å². The van der Waals surface area contributed by atoms with Crippen molar-refractivity contribution in [3.8, 4) is 5.75 Å². The fourth-order valence-corrected chi connectivity index (χ4v) is 2.46. The normalized spacial score (nSPS) is 14.8. The molecule has 2 amide bonds. The number of nitrogens with one attached hydrogen (secondary N) is 2. The van der Waals surface area contributed by atoms with E-state index in [9.17, 15) is 19.7 Å². The van der Waals surface area contributed by atoms with Gasteiger partial charge in [0.2, 0.25) is 0 Å². The number of carbonyl (C=O) groups is 2. The molecule has 0 radical (unpaired) electrons. The van der Waals surface area contributed by atoms with Gasteiger partial charge in [-0.25, -0.2) is 5.84 Å².